The number of fused-ring (bicyclic) bond motifs is 1. The van der Waals surface area contributed by atoms with Crippen LogP contribution in [-0.2, 0) is 10.0 Å². The number of nitrogens with zero attached hydrogens (tertiary/aromatic N) is 1. The van der Waals surface area contributed by atoms with Crippen LogP contribution in [0.15, 0.2) is 47.4 Å². The predicted molar refractivity (Wildman–Crippen MR) is 117 cm³/mol. The van der Waals surface area contributed by atoms with E-state index in [1.54, 1.807) is 17.0 Å². The lowest BCUT2D eigenvalue weighted by atomic mass is 9.91. The molecule has 30 heavy (non-hydrogen) atoms. The van der Waals surface area contributed by atoms with Crippen LogP contribution in [0.2, 0.25) is 0 Å². The maximum atomic E-state index is 13.4. The van der Waals surface area contributed by atoms with Crippen LogP contribution in [0.1, 0.15) is 60.9 Å². The van der Waals surface area contributed by atoms with E-state index in [2.05, 4.69) is 17.7 Å². The van der Waals surface area contributed by atoms with Gasteiger partial charge in [-0.25, -0.2) is 13.1 Å². The van der Waals surface area contributed by atoms with Crippen LogP contribution in [0.5, 0.6) is 5.75 Å². The van der Waals surface area contributed by atoms with E-state index < -0.39 is 10.0 Å². The molecule has 4 rings (SSSR count). The van der Waals surface area contributed by atoms with Crippen LogP contribution in [0, 0.1) is 0 Å². The minimum atomic E-state index is -3.79. The van der Waals surface area contributed by atoms with Gasteiger partial charge in [0.25, 0.3) is 5.91 Å². The highest BCUT2D eigenvalue weighted by Crippen LogP contribution is 2.36. The largest absolute Gasteiger partial charge is 0.495 e. The number of nitrogens with one attached hydrogen (secondary N) is 1. The molecule has 0 spiro atoms. The zero-order chi connectivity index (χ0) is 21.3. The van der Waals surface area contributed by atoms with E-state index in [1.165, 1.54) is 13.2 Å². The number of sulfonamides is 1. The molecule has 160 valence electrons. The molecule has 1 saturated carbocycles. The molecule has 7 heteroatoms. The van der Waals surface area contributed by atoms with Gasteiger partial charge in [0.15, 0.2) is 0 Å². The second kappa shape index (κ2) is 8.40. The molecule has 1 fully saturated rings. The van der Waals surface area contributed by atoms with Gasteiger partial charge >= 0.3 is 0 Å². The Morgan fingerprint density at radius 2 is 1.83 bits per heavy atom. The normalized spacial score (nSPS) is 19.5. The SMILES string of the molecule is COc1ccc(C(=O)N2CCC(C)c3ccccc32)cc1S(=O)(=O)NC1CCCC1. The number of para-hydroxylation sites is 1. The highest BCUT2D eigenvalue weighted by molar-refractivity contribution is 7.89. The standard InChI is InChI=1S/C23H28N2O4S/c1-16-13-14-25(20-10-6-5-9-19(16)20)23(26)17-11-12-21(29-2)22(15-17)30(27,28)24-18-7-3-4-8-18/h5-6,9-12,15-16,18,24H,3-4,7-8,13-14H2,1-2H3. The van der Waals surface area contributed by atoms with Crippen molar-refractivity contribution in [2.45, 2.75) is 55.9 Å². The van der Waals surface area contributed by atoms with Gasteiger partial charge in [-0.05, 0) is 55.0 Å². The Morgan fingerprint density at radius 1 is 1.10 bits per heavy atom. The van der Waals surface area contributed by atoms with Crippen LogP contribution in [0.4, 0.5) is 5.69 Å². The number of rotatable bonds is 5. The molecule has 2 aromatic carbocycles. The van der Waals surface area contributed by atoms with Crippen LogP contribution in [0.25, 0.3) is 0 Å². The van der Waals surface area contributed by atoms with Crippen molar-refractivity contribution in [3.05, 3.63) is 53.6 Å². The summed E-state index contributed by atoms with van der Waals surface area (Å²) in [5, 5.41) is 0. The van der Waals surface area contributed by atoms with Gasteiger partial charge in [0.1, 0.15) is 10.6 Å². The van der Waals surface area contributed by atoms with Crippen LogP contribution in [-0.4, -0.2) is 34.0 Å². The molecule has 0 radical (unpaired) electrons. The van der Waals surface area contributed by atoms with Crippen molar-refractivity contribution < 1.29 is 17.9 Å². The van der Waals surface area contributed by atoms with Crippen molar-refractivity contribution in [2.24, 2.45) is 0 Å². The number of anilines is 1. The third-order valence-electron chi connectivity index (χ3n) is 6.17. The summed E-state index contributed by atoms with van der Waals surface area (Å²) in [6.45, 7) is 2.76. The number of hydrogen-bond acceptors (Lipinski definition) is 4. The van der Waals surface area contributed by atoms with Gasteiger partial charge in [-0.1, -0.05) is 38.0 Å². The van der Waals surface area contributed by atoms with E-state index in [0.29, 0.717) is 18.0 Å². The highest BCUT2D eigenvalue weighted by atomic mass is 32.2. The van der Waals surface area contributed by atoms with E-state index in [4.69, 9.17) is 4.74 Å². The Kier molecular flexibility index (Phi) is 5.84. The molecule has 0 bridgehead atoms. The molecular weight excluding hydrogens is 400 g/mol. The Hall–Kier alpha value is -2.38. The van der Waals surface area contributed by atoms with Gasteiger partial charge in [0, 0.05) is 23.8 Å². The van der Waals surface area contributed by atoms with Crippen molar-refractivity contribution in [1.29, 1.82) is 0 Å². The number of methoxy groups -OCH3 is 1. The topological polar surface area (TPSA) is 75.7 Å². The molecule has 6 nitrogen and oxygen atoms in total. The summed E-state index contributed by atoms with van der Waals surface area (Å²) in [6, 6.07) is 12.5. The fourth-order valence-corrected chi connectivity index (χ4v) is 5.96. The lowest BCUT2D eigenvalue weighted by molar-refractivity contribution is 0.0984. The molecule has 1 aliphatic carbocycles. The molecule has 1 aliphatic heterocycles. The lowest BCUT2D eigenvalue weighted by Gasteiger charge is -2.33. The van der Waals surface area contributed by atoms with E-state index >= 15 is 0 Å². The Labute approximate surface area is 178 Å². The Bertz CT molecular complexity index is 1040. The fourth-order valence-electron chi connectivity index (χ4n) is 4.46. The van der Waals surface area contributed by atoms with Gasteiger partial charge < -0.3 is 9.64 Å². The fraction of sp³-hybridized carbons (Fsp3) is 0.435. The van der Waals surface area contributed by atoms with Crippen molar-refractivity contribution in [3.8, 4) is 5.75 Å². The zero-order valence-electron chi connectivity index (χ0n) is 17.4. The van der Waals surface area contributed by atoms with Gasteiger partial charge in [-0.2, -0.15) is 0 Å². The minimum absolute atomic E-state index is 0.0152. The molecule has 2 aromatic rings. The Morgan fingerprint density at radius 3 is 2.57 bits per heavy atom. The molecule has 1 atom stereocenters. The predicted octanol–water partition coefficient (Wildman–Crippen LogP) is 4.07. The van der Waals surface area contributed by atoms with Crippen molar-refractivity contribution in [3.63, 3.8) is 0 Å². The van der Waals surface area contributed by atoms with E-state index in [1.807, 2.05) is 18.2 Å². The molecule has 1 N–H and O–H groups in total. The van der Waals surface area contributed by atoms with Crippen molar-refractivity contribution >= 4 is 21.6 Å². The van der Waals surface area contributed by atoms with Crippen LogP contribution < -0.4 is 14.4 Å². The van der Waals surface area contributed by atoms with E-state index in [9.17, 15) is 13.2 Å². The second-order valence-electron chi connectivity index (χ2n) is 8.17. The van der Waals surface area contributed by atoms with E-state index in [0.717, 1.165) is 43.4 Å². The molecule has 1 heterocycles. The van der Waals surface area contributed by atoms with Gasteiger partial charge in [0.2, 0.25) is 10.0 Å². The second-order valence-corrected chi connectivity index (χ2v) is 9.86. The van der Waals surface area contributed by atoms with E-state index in [-0.39, 0.29) is 22.6 Å². The molecule has 0 saturated heterocycles. The molecular formula is C23H28N2O4S. The summed E-state index contributed by atoms with van der Waals surface area (Å²) in [7, 11) is -2.35. The lowest BCUT2D eigenvalue weighted by Crippen LogP contribution is -2.36. The number of ether oxygens (including phenoxy) is 1. The Balaban J connectivity index is 1.68. The minimum Gasteiger partial charge on any atom is -0.495 e. The van der Waals surface area contributed by atoms with Gasteiger partial charge in [-0.15, -0.1) is 0 Å². The first-order valence-electron chi connectivity index (χ1n) is 10.5. The smallest absolute Gasteiger partial charge is 0.258 e. The summed E-state index contributed by atoms with van der Waals surface area (Å²) in [5.41, 5.74) is 2.37. The van der Waals surface area contributed by atoms with Crippen molar-refractivity contribution in [2.75, 3.05) is 18.6 Å². The summed E-state index contributed by atoms with van der Waals surface area (Å²) >= 11 is 0. The first kappa shape index (κ1) is 20.9. The first-order valence-corrected chi connectivity index (χ1v) is 12.0. The number of hydrogen-bond donors (Lipinski definition) is 1. The van der Waals surface area contributed by atoms with Crippen LogP contribution >= 0.6 is 0 Å². The third kappa shape index (κ3) is 3.96. The van der Waals surface area contributed by atoms with Gasteiger partial charge in [-0.3, -0.25) is 4.79 Å². The first-order chi connectivity index (χ1) is 14.4. The monoisotopic (exact) mass is 428 g/mol. The quantitative estimate of drug-likeness (QED) is 0.779. The highest BCUT2D eigenvalue weighted by Gasteiger charge is 2.30. The third-order valence-corrected chi connectivity index (χ3v) is 7.71. The van der Waals surface area contributed by atoms with Crippen LogP contribution in [0.3, 0.4) is 0 Å². The van der Waals surface area contributed by atoms with Gasteiger partial charge in [0.05, 0.1) is 7.11 Å². The maximum Gasteiger partial charge on any atom is 0.258 e. The number of amides is 1. The average Bonchev–Trinajstić information content (AvgIpc) is 3.25. The molecule has 0 aromatic heterocycles. The zero-order valence-corrected chi connectivity index (χ0v) is 18.2. The summed E-state index contributed by atoms with van der Waals surface area (Å²) in [4.78, 5) is 15.1. The molecule has 1 unspecified atom stereocenters. The number of benzene rings is 2. The summed E-state index contributed by atoms with van der Waals surface area (Å²) in [6.07, 6.45) is 4.59. The summed E-state index contributed by atoms with van der Waals surface area (Å²) in [5.74, 6) is 0.423. The summed E-state index contributed by atoms with van der Waals surface area (Å²) < 4.78 is 34.2. The number of carbonyl (C=O) groups is 1. The average molecular weight is 429 g/mol. The number of carbonyl (C=O) groups excluding carboxylic acids is 1. The molecule has 2 aliphatic rings. The maximum absolute atomic E-state index is 13.4. The van der Waals surface area contributed by atoms with Crippen molar-refractivity contribution in [1.82, 2.24) is 4.72 Å². The molecule has 1 amide bonds.